The Kier molecular flexibility index (Phi) is 3.73. The number of ether oxygens (including phenoxy) is 1. The van der Waals surface area contributed by atoms with Crippen molar-refractivity contribution in [1.29, 1.82) is 5.26 Å². The monoisotopic (exact) mass is 328 g/mol. The molecule has 0 spiro atoms. The summed E-state index contributed by atoms with van der Waals surface area (Å²) in [6.07, 6.45) is -3.45. The van der Waals surface area contributed by atoms with Crippen molar-refractivity contribution in [3.05, 3.63) is 21.4 Å². The van der Waals surface area contributed by atoms with Gasteiger partial charge in [-0.15, -0.1) is 13.2 Å². The molecule has 0 unspecified atom stereocenters. The molecule has 0 bridgehead atoms. The summed E-state index contributed by atoms with van der Waals surface area (Å²) in [7, 11) is 0. The van der Waals surface area contributed by atoms with Gasteiger partial charge in [-0.1, -0.05) is 0 Å². The second-order valence-electron chi connectivity index (χ2n) is 2.51. The first-order valence-electron chi connectivity index (χ1n) is 3.69. The number of halogens is 4. The summed E-state index contributed by atoms with van der Waals surface area (Å²) in [5, 5.41) is 8.37. The van der Waals surface area contributed by atoms with Gasteiger partial charge in [0.25, 0.3) is 0 Å². The normalized spacial score (nSPS) is 10.9. The summed E-state index contributed by atoms with van der Waals surface area (Å²) in [5.74, 6) is -0.496. The molecule has 0 aromatic carbocycles. The van der Waals surface area contributed by atoms with Crippen molar-refractivity contribution < 1.29 is 17.9 Å². The Hall–Kier alpha value is -1.04. The van der Waals surface area contributed by atoms with E-state index in [1.165, 1.54) is 12.3 Å². The summed E-state index contributed by atoms with van der Waals surface area (Å²) in [5.41, 5.74) is 0.552. The Balaban J connectivity index is 2.89. The molecular formula is C8H4F3IN2O. The van der Waals surface area contributed by atoms with E-state index in [0.29, 0.717) is 5.56 Å². The molecule has 1 heterocycles. The van der Waals surface area contributed by atoms with E-state index in [1.54, 1.807) is 22.6 Å². The maximum Gasteiger partial charge on any atom is 0.574 e. The molecule has 15 heavy (non-hydrogen) atoms. The van der Waals surface area contributed by atoms with Crippen LogP contribution < -0.4 is 4.74 Å². The Morgan fingerprint density at radius 3 is 2.67 bits per heavy atom. The molecule has 7 heteroatoms. The van der Waals surface area contributed by atoms with Crippen LogP contribution in [0, 0.1) is 14.9 Å². The van der Waals surface area contributed by atoms with Crippen molar-refractivity contribution in [2.24, 2.45) is 0 Å². The fourth-order valence-corrected chi connectivity index (χ4v) is 1.49. The number of alkyl halides is 3. The molecule has 0 saturated carbocycles. The van der Waals surface area contributed by atoms with Crippen molar-refractivity contribution in [1.82, 2.24) is 4.98 Å². The zero-order valence-electron chi connectivity index (χ0n) is 7.18. The largest absolute Gasteiger partial charge is 0.574 e. The lowest BCUT2D eigenvalue weighted by Crippen LogP contribution is -2.18. The molecule has 0 aliphatic heterocycles. The van der Waals surface area contributed by atoms with Crippen molar-refractivity contribution >= 4 is 22.6 Å². The molecule has 1 rings (SSSR count). The maximum atomic E-state index is 11.9. The topological polar surface area (TPSA) is 45.9 Å². The third kappa shape index (κ3) is 3.91. The number of hydrogen-bond acceptors (Lipinski definition) is 3. The molecule has 0 atom stereocenters. The molecule has 0 radical (unpaired) electrons. The molecule has 0 amide bonds. The lowest BCUT2D eigenvalue weighted by Gasteiger charge is -2.09. The second-order valence-corrected chi connectivity index (χ2v) is 3.68. The number of pyridine rings is 1. The van der Waals surface area contributed by atoms with E-state index < -0.39 is 12.2 Å². The summed E-state index contributed by atoms with van der Waals surface area (Å²) < 4.78 is 39.4. The molecule has 0 aliphatic rings. The first-order valence-corrected chi connectivity index (χ1v) is 4.77. The Morgan fingerprint density at radius 1 is 1.53 bits per heavy atom. The highest BCUT2D eigenvalue weighted by Crippen LogP contribution is 2.25. The van der Waals surface area contributed by atoms with Crippen LogP contribution >= 0.6 is 22.6 Å². The van der Waals surface area contributed by atoms with Gasteiger partial charge in [0.1, 0.15) is 0 Å². The van der Waals surface area contributed by atoms with Crippen LogP contribution in [-0.4, -0.2) is 11.3 Å². The number of hydrogen-bond donors (Lipinski definition) is 0. The number of nitrogens with zero attached hydrogens (tertiary/aromatic N) is 2. The third-order valence-electron chi connectivity index (χ3n) is 1.36. The molecule has 0 saturated heterocycles. The minimum Gasteiger partial charge on any atom is -0.387 e. The summed E-state index contributed by atoms with van der Waals surface area (Å²) in [6, 6.07) is 3.30. The average molecular weight is 328 g/mol. The van der Waals surface area contributed by atoms with Crippen LogP contribution in [-0.2, 0) is 6.42 Å². The Bertz CT molecular complexity index is 400. The zero-order valence-corrected chi connectivity index (χ0v) is 9.33. The van der Waals surface area contributed by atoms with Crippen molar-refractivity contribution in [2.75, 3.05) is 0 Å². The third-order valence-corrected chi connectivity index (χ3v) is 2.13. The Labute approximate surface area is 97.0 Å². The lowest BCUT2D eigenvalue weighted by molar-refractivity contribution is -0.276. The summed E-state index contributed by atoms with van der Waals surface area (Å²) in [4.78, 5) is 3.48. The second kappa shape index (κ2) is 4.65. The highest BCUT2D eigenvalue weighted by molar-refractivity contribution is 14.1. The highest BCUT2D eigenvalue weighted by atomic mass is 127. The van der Waals surface area contributed by atoms with E-state index in [0.717, 1.165) is 0 Å². The first-order chi connectivity index (χ1) is 6.92. The number of rotatable bonds is 2. The number of aromatic nitrogens is 1. The molecule has 3 nitrogen and oxygen atoms in total. The maximum absolute atomic E-state index is 11.9. The standard InChI is InChI=1S/C8H4F3IN2O/c9-8(10,11)15-7-6(12)3-5(1-2-13)4-14-7/h3-4H,1H2. The van der Waals surface area contributed by atoms with E-state index in [1.807, 2.05) is 6.07 Å². The number of nitriles is 1. The summed E-state index contributed by atoms with van der Waals surface area (Å²) >= 11 is 1.67. The molecule has 1 aromatic rings. The van der Waals surface area contributed by atoms with Gasteiger partial charge in [0, 0.05) is 6.20 Å². The van der Waals surface area contributed by atoms with Gasteiger partial charge in [-0.05, 0) is 34.2 Å². The smallest absolute Gasteiger partial charge is 0.387 e. The molecule has 0 aliphatic carbocycles. The van der Waals surface area contributed by atoms with E-state index in [2.05, 4.69) is 9.72 Å². The highest BCUT2D eigenvalue weighted by Gasteiger charge is 2.32. The van der Waals surface area contributed by atoms with E-state index in [9.17, 15) is 13.2 Å². The summed E-state index contributed by atoms with van der Waals surface area (Å²) in [6.45, 7) is 0. The van der Waals surface area contributed by atoms with Crippen molar-refractivity contribution in [2.45, 2.75) is 12.8 Å². The minimum atomic E-state index is -4.75. The molecule has 0 N–H and O–H groups in total. The lowest BCUT2D eigenvalue weighted by atomic mass is 10.2. The van der Waals surface area contributed by atoms with Gasteiger partial charge in [-0.2, -0.15) is 5.26 Å². The molecule has 80 valence electrons. The van der Waals surface area contributed by atoms with Crippen LogP contribution in [0.15, 0.2) is 12.3 Å². The van der Waals surface area contributed by atoms with E-state index >= 15 is 0 Å². The van der Waals surface area contributed by atoms with Crippen LogP contribution in [0.5, 0.6) is 5.88 Å². The minimum absolute atomic E-state index is 0.106. The average Bonchev–Trinajstić information content (AvgIpc) is 2.08. The van der Waals surface area contributed by atoms with Crippen LogP contribution in [0.25, 0.3) is 0 Å². The van der Waals surface area contributed by atoms with Crippen LogP contribution in [0.3, 0.4) is 0 Å². The predicted octanol–water partition coefficient (Wildman–Crippen LogP) is 2.65. The first kappa shape index (κ1) is 12.0. The fourth-order valence-electron chi connectivity index (χ4n) is 0.838. The van der Waals surface area contributed by atoms with Gasteiger partial charge in [0.15, 0.2) is 0 Å². The van der Waals surface area contributed by atoms with Crippen LogP contribution in [0.4, 0.5) is 13.2 Å². The van der Waals surface area contributed by atoms with Gasteiger partial charge in [-0.3, -0.25) is 0 Å². The Morgan fingerprint density at radius 2 is 2.20 bits per heavy atom. The fraction of sp³-hybridized carbons (Fsp3) is 0.250. The van der Waals surface area contributed by atoms with Gasteiger partial charge in [0.05, 0.1) is 16.1 Å². The van der Waals surface area contributed by atoms with E-state index in [4.69, 9.17) is 5.26 Å². The SMILES string of the molecule is N#CCc1cnc(OC(F)(F)F)c(I)c1. The molecule has 1 aromatic heterocycles. The predicted molar refractivity (Wildman–Crippen MR) is 53.0 cm³/mol. The van der Waals surface area contributed by atoms with Gasteiger partial charge >= 0.3 is 6.36 Å². The van der Waals surface area contributed by atoms with Crippen molar-refractivity contribution in [3.8, 4) is 11.9 Å². The van der Waals surface area contributed by atoms with Crippen molar-refractivity contribution in [3.63, 3.8) is 0 Å². The van der Waals surface area contributed by atoms with E-state index in [-0.39, 0.29) is 9.99 Å². The van der Waals surface area contributed by atoms with Gasteiger partial charge in [0.2, 0.25) is 5.88 Å². The molecular weight excluding hydrogens is 324 g/mol. The molecule has 0 fully saturated rings. The van der Waals surface area contributed by atoms with Crippen LogP contribution in [0.1, 0.15) is 5.56 Å². The van der Waals surface area contributed by atoms with Gasteiger partial charge < -0.3 is 4.74 Å². The van der Waals surface area contributed by atoms with Gasteiger partial charge in [-0.25, -0.2) is 4.98 Å². The van der Waals surface area contributed by atoms with Crippen LogP contribution in [0.2, 0.25) is 0 Å². The quantitative estimate of drug-likeness (QED) is 0.784. The zero-order chi connectivity index (χ0) is 11.5.